The topological polar surface area (TPSA) is 78.9 Å². The molecule has 0 N–H and O–H groups in total. The summed E-state index contributed by atoms with van der Waals surface area (Å²) in [5.41, 5.74) is 0. The molecule has 0 aliphatic rings. The van der Waals surface area contributed by atoms with Gasteiger partial charge >= 0.3 is 17.9 Å². The average Bonchev–Trinajstić information content (AvgIpc) is 3.26. The molecule has 1 atom stereocenters. The largest absolute Gasteiger partial charge is 0.462 e. The summed E-state index contributed by atoms with van der Waals surface area (Å²) in [6.07, 6.45) is 57.4. The van der Waals surface area contributed by atoms with E-state index in [1.807, 2.05) is 0 Å². The summed E-state index contributed by atoms with van der Waals surface area (Å²) in [7, 11) is 0. The Bertz CT molecular complexity index is 989. The lowest BCUT2D eigenvalue weighted by Crippen LogP contribution is -2.30. The number of hydrogen-bond acceptors (Lipinski definition) is 6. The molecule has 0 aliphatic carbocycles. The third-order valence-corrected chi connectivity index (χ3v) is 12.0. The predicted octanol–water partition coefficient (Wildman–Crippen LogP) is 17.5. The van der Waals surface area contributed by atoms with Crippen molar-refractivity contribution in [2.45, 2.75) is 297 Å². The van der Waals surface area contributed by atoms with E-state index in [1.165, 1.54) is 180 Å². The average molecular weight is 859 g/mol. The highest BCUT2D eigenvalue weighted by Crippen LogP contribution is 2.17. The summed E-state index contributed by atoms with van der Waals surface area (Å²) in [5.74, 6) is -0.887. The fourth-order valence-corrected chi connectivity index (χ4v) is 7.89. The summed E-state index contributed by atoms with van der Waals surface area (Å²) in [6, 6.07) is 0. The summed E-state index contributed by atoms with van der Waals surface area (Å²) < 4.78 is 16.8. The van der Waals surface area contributed by atoms with Crippen LogP contribution in [0.1, 0.15) is 290 Å². The molecule has 0 rings (SSSR count). The second-order valence-corrected chi connectivity index (χ2v) is 18.2. The van der Waals surface area contributed by atoms with Crippen molar-refractivity contribution in [2.24, 2.45) is 0 Å². The van der Waals surface area contributed by atoms with E-state index >= 15 is 0 Å². The maximum atomic E-state index is 12.8. The molecule has 0 radical (unpaired) electrons. The quantitative estimate of drug-likeness (QED) is 0.0262. The molecule has 0 aromatic carbocycles. The smallest absolute Gasteiger partial charge is 0.306 e. The highest BCUT2D eigenvalue weighted by Gasteiger charge is 2.19. The Morgan fingerprint density at radius 3 is 0.918 bits per heavy atom. The van der Waals surface area contributed by atoms with Crippen LogP contribution in [0.25, 0.3) is 0 Å². The Kier molecular flexibility index (Phi) is 48.8. The normalized spacial score (nSPS) is 12.1. The lowest BCUT2D eigenvalue weighted by atomic mass is 10.0. The van der Waals surface area contributed by atoms with Crippen LogP contribution in [0.3, 0.4) is 0 Å². The molecule has 0 saturated heterocycles. The van der Waals surface area contributed by atoms with E-state index in [0.29, 0.717) is 19.3 Å². The number of rotatable bonds is 49. The molecule has 0 spiro atoms. The molecule has 1 unspecified atom stereocenters. The molecular weight excluding hydrogens is 757 g/mol. The Labute approximate surface area is 379 Å². The van der Waals surface area contributed by atoms with E-state index < -0.39 is 6.10 Å². The molecule has 6 heteroatoms. The van der Waals surface area contributed by atoms with Gasteiger partial charge in [0, 0.05) is 19.3 Å². The standard InChI is InChI=1S/C55H102O6/c1-4-7-10-13-16-19-22-24-26-28-30-33-36-39-42-45-48-54(57)60-51-52(50-59-53(56)47-44-41-38-35-32-21-18-15-12-9-6-3)61-55(58)49-46-43-40-37-34-31-29-27-25-23-20-17-14-11-8-5-2/h15,18,21,32,52H,4-14,16-17,19-20,22-31,33-51H2,1-3H3/b18-15-,32-21-. The minimum Gasteiger partial charge on any atom is -0.462 e. The maximum absolute atomic E-state index is 12.8. The van der Waals surface area contributed by atoms with E-state index in [0.717, 1.165) is 70.6 Å². The van der Waals surface area contributed by atoms with Crippen molar-refractivity contribution in [2.75, 3.05) is 13.2 Å². The first-order chi connectivity index (χ1) is 30.0. The lowest BCUT2D eigenvalue weighted by molar-refractivity contribution is -0.167. The molecule has 0 saturated carbocycles. The van der Waals surface area contributed by atoms with Crippen LogP contribution in [0.4, 0.5) is 0 Å². The molecule has 6 nitrogen and oxygen atoms in total. The second kappa shape index (κ2) is 50.5. The number of hydrogen-bond donors (Lipinski definition) is 0. The van der Waals surface area contributed by atoms with Crippen molar-refractivity contribution in [1.82, 2.24) is 0 Å². The van der Waals surface area contributed by atoms with Gasteiger partial charge in [0.25, 0.3) is 0 Å². The van der Waals surface area contributed by atoms with E-state index in [1.54, 1.807) is 0 Å². The molecular formula is C55H102O6. The van der Waals surface area contributed by atoms with Crippen LogP contribution in [0.5, 0.6) is 0 Å². The van der Waals surface area contributed by atoms with Gasteiger partial charge in [-0.3, -0.25) is 14.4 Å². The van der Waals surface area contributed by atoms with Crippen LogP contribution >= 0.6 is 0 Å². The number of unbranched alkanes of at least 4 members (excludes halogenated alkanes) is 35. The maximum Gasteiger partial charge on any atom is 0.306 e. The van der Waals surface area contributed by atoms with Crippen molar-refractivity contribution in [1.29, 1.82) is 0 Å². The molecule has 0 aromatic rings. The monoisotopic (exact) mass is 859 g/mol. The Hall–Kier alpha value is -2.11. The van der Waals surface area contributed by atoms with Crippen molar-refractivity contribution in [3.05, 3.63) is 24.3 Å². The highest BCUT2D eigenvalue weighted by molar-refractivity contribution is 5.71. The Morgan fingerprint density at radius 1 is 0.328 bits per heavy atom. The number of carbonyl (C=O) groups is 3. The van der Waals surface area contributed by atoms with Gasteiger partial charge in [-0.1, -0.05) is 257 Å². The molecule has 0 amide bonds. The predicted molar refractivity (Wildman–Crippen MR) is 261 cm³/mol. The zero-order valence-corrected chi connectivity index (χ0v) is 40.9. The van der Waals surface area contributed by atoms with Gasteiger partial charge in [-0.2, -0.15) is 0 Å². The van der Waals surface area contributed by atoms with Crippen molar-refractivity contribution in [3.8, 4) is 0 Å². The van der Waals surface area contributed by atoms with Gasteiger partial charge in [-0.05, 0) is 38.5 Å². The molecule has 0 heterocycles. The molecule has 0 aliphatic heterocycles. The van der Waals surface area contributed by atoms with Crippen LogP contribution in [0, 0.1) is 0 Å². The van der Waals surface area contributed by atoms with Gasteiger partial charge in [-0.25, -0.2) is 0 Å². The van der Waals surface area contributed by atoms with Crippen LogP contribution in [-0.4, -0.2) is 37.2 Å². The van der Waals surface area contributed by atoms with Gasteiger partial charge in [0.15, 0.2) is 6.10 Å². The molecule has 0 aromatic heterocycles. The van der Waals surface area contributed by atoms with Crippen molar-refractivity contribution >= 4 is 17.9 Å². The van der Waals surface area contributed by atoms with Gasteiger partial charge < -0.3 is 14.2 Å². The first kappa shape index (κ1) is 58.9. The van der Waals surface area contributed by atoms with Gasteiger partial charge in [0.05, 0.1) is 0 Å². The van der Waals surface area contributed by atoms with Crippen LogP contribution < -0.4 is 0 Å². The second-order valence-electron chi connectivity index (χ2n) is 18.2. The first-order valence-corrected chi connectivity index (χ1v) is 26.9. The van der Waals surface area contributed by atoms with Crippen LogP contribution in [-0.2, 0) is 28.6 Å². The molecule has 0 fully saturated rings. The van der Waals surface area contributed by atoms with E-state index in [2.05, 4.69) is 45.1 Å². The summed E-state index contributed by atoms with van der Waals surface area (Å²) in [4.78, 5) is 38.0. The number of esters is 3. The fraction of sp³-hybridized carbons (Fsp3) is 0.873. The Morgan fingerprint density at radius 2 is 0.590 bits per heavy atom. The number of carbonyl (C=O) groups excluding carboxylic acids is 3. The summed E-state index contributed by atoms with van der Waals surface area (Å²) >= 11 is 0. The van der Waals surface area contributed by atoms with E-state index in [9.17, 15) is 14.4 Å². The number of allylic oxidation sites excluding steroid dienone is 4. The zero-order valence-electron chi connectivity index (χ0n) is 40.9. The van der Waals surface area contributed by atoms with Gasteiger partial charge in [0.2, 0.25) is 0 Å². The third-order valence-electron chi connectivity index (χ3n) is 12.0. The zero-order chi connectivity index (χ0) is 44.4. The van der Waals surface area contributed by atoms with Gasteiger partial charge in [-0.15, -0.1) is 0 Å². The van der Waals surface area contributed by atoms with E-state index in [-0.39, 0.29) is 31.1 Å². The van der Waals surface area contributed by atoms with Crippen molar-refractivity contribution < 1.29 is 28.6 Å². The lowest BCUT2D eigenvalue weighted by Gasteiger charge is -2.18. The van der Waals surface area contributed by atoms with Crippen LogP contribution in [0.2, 0.25) is 0 Å². The molecule has 358 valence electrons. The molecule has 0 bridgehead atoms. The van der Waals surface area contributed by atoms with E-state index in [4.69, 9.17) is 14.2 Å². The number of ether oxygens (including phenoxy) is 3. The highest BCUT2D eigenvalue weighted by atomic mass is 16.6. The SMILES string of the molecule is CCCC/C=C\C=C/CCCCCC(=O)OCC(COC(=O)CCCCCCCCCCCCCCCCCC)OC(=O)CCCCCCCCCCCCCCCCCC. The first-order valence-electron chi connectivity index (χ1n) is 26.9. The fourth-order valence-electron chi connectivity index (χ4n) is 7.89. The summed E-state index contributed by atoms with van der Waals surface area (Å²) in [5, 5.41) is 0. The van der Waals surface area contributed by atoms with Gasteiger partial charge in [0.1, 0.15) is 13.2 Å². The third kappa shape index (κ3) is 48.8. The van der Waals surface area contributed by atoms with Crippen LogP contribution in [0.15, 0.2) is 24.3 Å². The summed E-state index contributed by atoms with van der Waals surface area (Å²) in [6.45, 7) is 6.60. The Balaban J connectivity index is 4.32. The van der Waals surface area contributed by atoms with Crippen molar-refractivity contribution in [3.63, 3.8) is 0 Å². The molecule has 61 heavy (non-hydrogen) atoms. The minimum absolute atomic E-state index is 0.0745. The minimum atomic E-state index is -0.775.